The molecule has 0 aromatic heterocycles. The maximum Gasteiger partial charge on any atom is 0.319 e. The maximum atomic E-state index is 12.6. The highest BCUT2D eigenvalue weighted by molar-refractivity contribution is 5.90. The highest BCUT2D eigenvalue weighted by Gasteiger charge is 2.10. The van der Waals surface area contributed by atoms with Gasteiger partial charge in [0.05, 0.1) is 0 Å². The number of hydrogen-bond acceptors (Lipinski definition) is 1. The molecular formula is C10H13FN2O. The topological polar surface area (TPSA) is 46.3 Å². The Hall–Kier alpha value is -1.58. The van der Waals surface area contributed by atoms with Gasteiger partial charge in [0.15, 0.2) is 0 Å². The summed E-state index contributed by atoms with van der Waals surface area (Å²) < 4.78 is 12.6. The van der Waals surface area contributed by atoms with Gasteiger partial charge >= 0.3 is 6.03 Å². The Morgan fingerprint density at radius 2 is 2.00 bits per heavy atom. The van der Waals surface area contributed by atoms with Crippen molar-refractivity contribution >= 4 is 11.7 Å². The molecule has 14 heavy (non-hydrogen) atoms. The Bertz CT molecular complexity index is 310. The molecular weight excluding hydrogens is 183 g/mol. The summed E-state index contributed by atoms with van der Waals surface area (Å²) in [5.74, 6) is -0.324. The van der Waals surface area contributed by atoms with Crippen LogP contribution in [0.5, 0.6) is 0 Å². The summed E-state index contributed by atoms with van der Waals surface area (Å²) in [4.78, 5) is 12.4. The molecule has 0 saturated heterocycles. The number of primary amides is 1. The van der Waals surface area contributed by atoms with Gasteiger partial charge in [0.2, 0.25) is 0 Å². The Balaban J connectivity index is 2.87. The molecule has 1 aromatic rings. The van der Waals surface area contributed by atoms with E-state index in [9.17, 15) is 9.18 Å². The number of urea groups is 1. The van der Waals surface area contributed by atoms with Gasteiger partial charge in [-0.2, -0.15) is 0 Å². The molecule has 3 nitrogen and oxygen atoms in total. The van der Waals surface area contributed by atoms with Gasteiger partial charge in [0.25, 0.3) is 0 Å². The number of rotatable bonds is 3. The molecule has 0 atom stereocenters. The van der Waals surface area contributed by atoms with Crippen LogP contribution >= 0.6 is 0 Å². The average Bonchev–Trinajstić information content (AvgIpc) is 2.15. The van der Waals surface area contributed by atoms with Crippen molar-refractivity contribution in [3.8, 4) is 0 Å². The van der Waals surface area contributed by atoms with Crippen LogP contribution in [0.1, 0.15) is 13.3 Å². The summed E-state index contributed by atoms with van der Waals surface area (Å²) in [6.45, 7) is 2.49. The lowest BCUT2D eigenvalue weighted by atomic mass is 10.2. The quantitative estimate of drug-likeness (QED) is 0.790. The van der Waals surface area contributed by atoms with Crippen molar-refractivity contribution in [2.24, 2.45) is 5.73 Å². The molecule has 76 valence electrons. The molecule has 2 amide bonds. The van der Waals surface area contributed by atoms with E-state index in [1.165, 1.54) is 29.2 Å². The Morgan fingerprint density at radius 3 is 2.43 bits per heavy atom. The minimum absolute atomic E-state index is 0.324. The monoisotopic (exact) mass is 196 g/mol. The van der Waals surface area contributed by atoms with Crippen LogP contribution < -0.4 is 10.6 Å². The second kappa shape index (κ2) is 4.60. The van der Waals surface area contributed by atoms with Gasteiger partial charge in [-0.05, 0) is 30.7 Å². The number of benzene rings is 1. The Labute approximate surface area is 82.3 Å². The van der Waals surface area contributed by atoms with Crippen molar-refractivity contribution in [2.75, 3.05) is 11.4 Å². The van der Waals surface area contributed by atoms with Gasteiger partial charge in [-0.15, -0.1) is 0 Å². The van der Waals surface area contributed by atoms with E-state index >= 15 is 0 Å². The van der Waals surface area contributed by atoms with Crippen molar-refractivity contribution in [1.82, 2.24) is 0 Å². The molecule has 0 heterocycles. The number of nitrogens with zero attached hydrogens (tertiary/aromatic N) is 1. The number of carbonyl (C=O) groups is 1. The lowest BCUT2D eigenvalue weighted by Crippen LogP contribution is -2.36. The molecule has 1 aromatic carbocycles. The molecule has 0 unspecified atom stereocenters. The molecule has 0 aliphatic rings. The largest absolute Gasteiger partial charge is 0.351 e. The van der Waals surface area contributed by atoms with Gasteiger partial charge in [0.1, 0.15) is 5.82 Å². The van der Waals surface area contributed by atoms with Gasteiger partial charge in [-0.25, -0.2) is 9.18 Å². The second-order valence-corrected chi connectivity index (χ2v) is 2.97. The fourth-order valence-electron chi connectivity index (χ4n) is 1.21. The predicted molar refractivity (Wildman–Crippen MR) is 53.6 cm³/mol. The molecule has 1 rings (SSSR count). The molecule has 0 saturated carbocycles. The second-order valence-electron chi connectivity index (χ2n) is 2.97. The number of amides is 2. The van der Waals surface area contributed by atoms with Crippen molar-refractivity contribution in [2.45, 2.75) is 13.3 Å². The van der Waals surface area contributed by atoms with E-state index in [2.05, 4.69) is 0 Å². The van der Waals surface area contributed by atoms with Crippen molar-refractivity contribution in [3.63, 3.8) is 0 Å². The smallest absolute Gasteiger partial charge is 0.319 e. The number of nitrogens with two attached hydrogens (primary N) is 1. The van der Waals surface area contributed by atoms with Gasteiger partial charge in [0, 0.05) is 12.2 Å². The summed E-state index contributed by atoms with van der Waals surface area (Å²) in [6, 6.07) is 5.17. The van der Waals surface area contributed by atoms with Crippen molar-refractivity contribution in [1.29, 1.82) is 0 Å². The van der Waals surface area contributed by atoms with E-state index in [4.69, 9.17) is 5.73 Å². The molecule has 0 spiro atoms. The molecule has 2 N–H and O–H groups in total. The summed E-state index contributed by atoms with van der Waals surface area (Å²) in [7, 11) is 0. The van der Waals surface area contributed by atoms with Gasteiger partial charge < -0.3 is 5.73 Å². The first-order valence-corrected chi connectivity index (χ1v) is 4.47. The van der Waals surface area contributed by atoms with Crippen LogP contribution in [0.2, 0.25) is 0 Å². The highest BCUT2D eigenvalue weighted by Crippen LogP contribution is 2.14. The third-order valence-corrected chi connectivity index (χ3v) is 1.85. The van der Waals surface area contributed by atoms with E-state index in [0.29, 0.717) is 12.2 Å². The normalized spacial score (nSPS) is 9.86. The minimum atomic E-state index is -0.515. The summed E-state index contributed by atoms with van der Waals surface area (Å²) in [5.41, 5.74) is 5.81. The average molecular weight is 196 g/mol. The first-order chi connectivity index (χ1) is 6.65. The summed E-state index contributed by atoms with van der Waals surface area (Å²) in [5, 5.41) is 0. The van der Waals surface area contributed by atoms with Crippen molar-refractivity contribution < 1.29 is 9.18 Å². The number of carbonyl (C=O) groups excluding carboxylic acids is 1. The van der Waals surface area contributed by atoms with Crippen LogP contribution in [0.25, 0.3) is 0 Å². The fourth-order valence-corrected chi connectivity index (χ4v) is 1.21. The zero-order valence-corrected chi connectivity index (χ0v) is 8.03. The van der Waals surface area contributed by atoms with E-state index in [1.807, 2.05) is 6.92 Å². The third-order valence-electron chi connectivity index (χ3n) is 1.85. The van der Waals surface area contributed by atoms with Crippen LogP contribution in [-0.2, 0) is 0 Å². The predicted octanol–water partition coefficient (Wildman–Crippen LogP) is 2.12. The zero-order valence-electron chi connectivity index (χ0n) is 8.03. The van der Waals surface area contributed by atoms with Crippen LogP contribution in [-0.4, -0.2) is 12.6 Å². The number of anilines is 1. The number of halogens is 1. The standard InChI is InChI=1S/C10H13FN2O/c1-2-7-13(10(12)14)9-5-3-8(11)4-6-9/h3-6H,2,7H2,1H3,(H2,12,14). The molecule has 0 fully saturated rings. The van der Waals surface area contributed by atoms with E-state index in [0.717, 1.165) is 6.42 Å². The minimum Gasteiger partial charge on any atom is -0.351 e. The molecule has 0 bridgehead atoms. The molecule has 0 radical (unpaired) electrons. The summed E-state index contributed by atoms with van der Waals surface area (Å²) >= 11 is 0. The van der Waals surface area contributed by atoms with Gasteiger partial charge in [-0.1, -0.05) is 6.92 Å². The fraction of sp³-hybridized carbons (Fsp3) is 0.300. The van der Waals surface area contributed by atoms with Gasteiger partial charge in [-0.3, -0.25) is 4.90 Å². The zero-order chi connectivity index (χ0) is 10.6. The Morgan fingerprint density at radius 1 is 1.43 bits per heavy atom. The molecule has 4 heteroatoms. The van der Waals surface area contributed by atoms with Crippen LogP contribution in [0.15, 0.2) is 24.3 Å². The number of hydrogen-bond donors (Lipinski definition) is 1. The van der Waals surface area contributed by atoms with Crippen LogP contribution in [0.3, 0.4) is 0 Å². The summed E-state index contributed by atoms with van der Waals surface area (Å²) in [6.07, 6.45) is 0.806. The van der Waals surface area contributed by atoms with Crippen LogP contribution in [0.4, 0.5) is 14.9 Å². The SMILES string of the molecule is CCCN(C(N)=O)c1ccc(F)cc1. The van der Waals surface area contributed by atoms with E-state index in [-0.39, 0.29) is 5.82 Å². The van der Waals surface area contributed by atoms with Crippen LogP contribution in [0, 0.1) is 5.82 Å². The highest BCUT2D eigenvalue weighted by atomic mass is 19.1. The first-order valence-electron chi connectivity index (χ1n) is 4.47. The Kier molecular flexibility index (Phi) is 3.45. The maximum absolute atomic E-state index is 12.6. The lowest BCUT2D eigenvalue weighted by Gasteiger charge is -2.19. The van der Waals surface area contributed by atoms with E-state index < -0.39 is 6.03 Å². The van der Waals surface area contributed by atoms with E-state index in [1.54, 1.807) is 0 Å². The molecule has 0 aliphatic carbocycles. The first kappa shape index (κ1) is 10.5. The third kappa shape index (κ3) is 2.45. The van der Waals surface area contributed by atoms with Crippen molar-refractivity contribution in [3.05, 3.63) is 30.1 Å². The lowest BCUT2D eigenvalue weighted by molar-refractivity contribution is 0.254. The molecule has 0 aliphatic heterocycles.